The van der Waals surface area contributed by atoms with Gasteiger partial charge in [-0.25, -0.2) is 0 Å². The van der Waals surface area contributed by atoms with Gasteiger partial charge < -0.3 is 14.8 Å². The van der Waals surface area contributed by atoms with Gasteiger partial charge >= 0.3 is 51.4 Å². The predicted octanol–water partition coefficient (Wildman–Crippen LogP) is 3.49. The van der Waals surface area contributed by atoms with Crippen LogP contribution in [0.5, 0.6) is 0 Å². The van der Waals surface area contributed by atoms with Gasteiger partial charge in [-0.05, 0) is 45.2 Å². The van der Waals surface area contributed by atoms with Crippen molar-refractivity contribution in [2.75, 3.05) is 13.1 Å². The third kappa shape index (κ3) is 22.1. The van der Waals surface area contributed by atoms with Crippen molar-refractivity contribution in [3.05, 3.63) is 0 Å². The Balaban J connectivity index is 0. The Hall–Kier alpha value is 1.07. The molecular formula is C25H50KNO2. The molecule has 0 aromatic carbocycles. The third-order valence-corrected chi connectivity index (χ3v) is 5.92. The van der Waals surface area contributed by atoms with E-state index in [9.17, 15) is 9.90 Å². The van der Waals surface area contributed by atoms with Gasteiger partial charge in [0.2, 0.25) is 0 Å². The van der Waals surface area contributed by atoms with Gasteiger partial charge in [0.25, 0.3) is 0 Å². The first kappa shape index (κ1) is 32.2. The number of carboxylic acid groups (broad SMARTS) is 1. The minimum absolute atomic E-state index is 0. The normalized spacial score (nSPS) is 12.1. The average Bonchev–Trinajstić information content (AvgIpc) is 2.68. The minimum Gasteiger partial charge on any atom is -0.550 e. The van der Waals surface area contributed by atoms with Crippen molar-refractivity contribution in [1.29, 1.82) is 0 Å². The molecule has 1 atom stereocenters. The van der Waals surface area contributed by atoms with Crippen LogP contribution in [-0.2, 0) is 4.79 Å². The van der Waals surface area contributed by atoms with Crippen molar-refractivity contribution >= 4 is 5.97 Å². The zero-order chi connectivity index (χ0) is 20.9. The summed E-state index contributed by atoms with van der Waals surface area (Å²) in [5, 5.41) is 11.0. The molecule has 0 amide bonds. The fourth-order valence-corrected chi connectivity index (χ4v) is 4.15. The molecule has 0 fully saturated rings. The van der Waals surface area contributed by atoms with Crippen molar-refractivity contribution in [2.24, 2.45) is 0 Å². The first-order valence-electron chi connectivity index (χ1n) is 12.6. The minimum atomic E-state index is -0.895. The predicted molar refractivity (Wildman–Crippen MR) is 120 cm³/mol. The van der Waals surface area contributed by atoms with Crippen molar-refractivity contribution in [1.82, 2.24) is 4.90 Å². The zero-order valence-corrected chi connectivity index (χ0v) is 23.6. The fraction of sp³-hybridized carbons (Fsp3) is 0.960. The van der Waals surface area contributed by atoms with E-state index in [1.54, 1.807) is 0 Å². The molecule has 168 valence electrons. The molecule has 0 aliphatic rings. The molecule has 0 spiro atoms. The standard InChI is InChI=1S/C25H51NO2.K/c1-4-7-9-11-13-15-17-22-26(23-18-16-14-12-10-8-5-2)24(19-6-3)20-21-25(27)28;/h24H,4-23H2,1-3H3,(H,27,28);/q;+1/p-1. The second-order valence-electron chi connectivity index (χ2n) is 8.63. The molecule has 0 radical (unpaired) electrons. The van der Waals surface area contributed by atoms with E-state index in [1.165, 1.54) is 89.9 Å². The van der Waals surface area contributed by atoms with Gasteiger partial charge in [-0.3, -0.25) is 0 Å². The van der Waals surface area contributed by atoms with Crippen molar-refractivity contribution in [3.8, 4) is 0 Å². The van der Waals surface area contributed by atoms with Crippen LogP contribution in [-0.4, -0.2) is 30.0 Å². The summed E-state index contributed by atoms with van der Waals surface area (Å²) in [6, 6.07) is 0.420. The first-order chi connectivity index (χ1) is 13.7. The molecule has 0 aromatic heterocycles. The summed E-state index contributed by atoms with van der Waals surface area (Å²) in [6.07, 6.45) is 21.9. The Labute approximate surface area is 225 Å². The van der Waals surface area contributed by atoms with Crippen LogP contribution in [0.1, 0.15) is 136 Å². The summed E-state index contributed by atoms with van der Waals surface area (Å²) in [4.78, 5) is 13.6. The number of unbranched alkanes of at least 4 members (excludes halogenated alkanes) is 12. The molecular weight excluding hydrogens is 385 g/mol. The van der Waals surface area contributed by atoms with Crippen LogP contribution < -0.4 is 56.5 Å². The summed E-state index contributed by atoms with van der Waals surface area (Å²) < 4.78 is 0. The van der Waals surface area contributed by atoms with Crippen molar-refractivity contribution in [3.63, 3.8) is 0 Å². The van der Waals surface area contributed by atoms with Gasteiger partial charge in [-0.1, -0.05) is 104 Å². The van der Waals surface area contributed by atoms with E-state index >= 15 is 0 Å². The largest absolute Gasteiger partial charge is 1.00 e. The average molecular weight is 436 g/mol. The SMILES string of the molecule is CCCCCCCCCN(CCCCCCCCC)C(CCC)CCC(=O)[O-].[K+]. The summed E-state index contributed by atoms with van der Waals surface area (Å²) in [5.41, 5.74) is 0. The molecule has 0 aliphatic carbocycles. The molecule has 4 heteroatoms. The van der Waals surface area contributed by atoms with Crippen LogP contribution in [0.25, 0.3) is 0 Å². The second-order valence-corrected chi connectivity index (χ2v) is 8.63. The second kappa shape index (κ2) is 25.3. The van der Waals surface area contributed by atoms with E-state index in [0.717, 1.165) is 32.4 Å². The molecule has 29 heavy (non-hydrogen) atoms. The van der Waals surface area contributed by atoms with Gasteiger partial charge in [0.15, 0.2) is 0 Å². The molecule has 0 rings (SSSR count). The molecule has 0 heterocycles. The van der Waals surface area contributed by atoms with E-state index in [4.69, 9.17) is 0 Å². The number of rotatable bonds is 22. The molecule has 3 nitrogen and oxygen atoms in total. The summed E-state index contributed by atoms with van der Waals surface area (Å²) in [7, 11) is 0. The van der Waals surface area contributed by atoms with E-state index in [2.05, 4.69) is 25.7 Å². The number of carboxylic acids is 1. The van der Waals surface area contributed by atoms with E-state index in [1.807, 2.05) is 0 Å². The maximum atomic E-state index is 11.0. The van der Waals surface area contributed by atoms with Crippen molar-refractivity contribution < 1.29 is 61.3 Å². The maximum absolute atomic E-state index is 11.0. The van der Waals surface area contributed by atoms with Gasteiger partial charge in [-0.2, -0.15) is 0 Å². The number of hydrogen-bond acceptors (Lipinski definition) is 3. The number of carbonyl (C=O) groups excluding carboxylic acids is 1. The Kier molecular flexibility index (Phi) is 28.2. The fourth-order valence-electron chi connectivity index (χ4n) is 4.15. The molecule has 0 saturated carbocycles. The molecule has 0 saturated heterocycles. The number of hydrogen-bond donors (Lipinski definition) is 0. The van der Waals surface area contributed by atoms with Gasteiger partial charge in [-0.15, -0.1) is 0 Å². The maximum Gasteiger partial charge on any atom is 1.00 e. The van der Waals surface area contributed by atoms with Crippen LogP contribution >= 0.6 is 0 Å². The van der Waals surface area contributed by atoms with Crippen molar-refractivity contribution in [2.45, 2.75) is 142 Å². The van der Waals surface area contributed by atoms with Crippen LogP contribution in [0.3, 0.4) is 0 Å². The Morgan fingerprint density at radius 1 is 0.655 bits per heavy atom. The molecule has 0 N–H and O–H groups in total. The molecule has 1 unspecified atom stereocenters. The third-order valence-electron chi connectivity index (χ3n) is 5.92. The Morgan fingerprint density at radius 3 is 1.45 bits per heavy atom. The Bertz CT molecular complexity index is 321. The zero-order valence-electron chi connectivity index (χ0n) is 20.5. The summed E-state index contributed by atoms with van der Waals surface area (Å²) in [5.74, 6) is -0.895. The monoisotopic (exact) mass is 435 g/mol. The van der Waals surface area contributed by atoms with Crippen LogP contribution in [0.2, 0.25) is 0 Å². The summed E-state index contributed by atoms with van der Waals surface area (Å²) >= 11 is 0. The first-order valence-corrected chi connectivity index (χ1v) is 12.6. The quantitative estimate of drug-likeness (QED) is 0.193. The van der Waals surface area contributed by atoms with Gasteiger partial charge in [0.1, 0.15) is 0 Å². The topological polar surface area (TPSA) is 43.4 Å². The van der Waals surface area contributed by atoms with E-state index in [0.29, 0.717) is 6.04 Å². The molecule has 0 aromatic rings. The van der Waals surface area contributed by atoms with E-state index in [-0.39, 0.29) is 57.8 Å². The van der Waals surface area contributed by atoms with Crippen LogP contribution in [0.4, 0.5) is 0 Å². The smallest absolute Gasteiger partial charge is 0.550 e. The molecule has 0 bridgehead atoms. The van der Waals surface area contributed by atoms with E-state index < -0.39 is 5.97 Å². The number of nitrogens with zero attached hydrogens (tertiary/aromatic N) is 1. The van der Waals surface area contributed by atoms with Crippen LogP contribution in [0, 0.1) is 0 Å². The number of aliphatic carboxylic acids is 1. The van der Waals surface area contributed by atoms with Gasteiger partial charge in [0, 0.05) is 12.0 Å². The van der Waals surface area contributed by atoms with Gasteiger partial charge in [0.05, 0.1) is 0 Å². The Morgan fingerprint density at radius 2 is 1.07 bits per heavy atom. The number of carbonyl (C=O) groups is 1. The molecule has 0 aliphatic heterocycles. The summed E-state index contributed by atoms with van der Waals surface area (Å²) in [6.45, 7) is 9.03. The van der Waals surface area contributed by atoms with Crippen LogP contribution in [0.15, 0.2) is 0 Å².